The summed E-state index contributed by atoms with van der Waals surface area (Å²) in [5.74, 6) is -0.299. The van der Waals surface area contributed by atoms with Gasteiger partial charge in [0.2, 0.25) is 0 Å². The molecule has 1 saturated carbocycles. The second kappa shape index (κ2) is 14.5. The number of anilines is 2. The van der Waals surface area contributed by atoms with Gasteiger partial charge in [0, 0.05) is 28.9 Å². The molecule has 1 unspecified atom stereocenters. The first-order valence-corrected chi connectivity index (χ1v) is 16.1. The van der Waals surface area contributed by atoms with Crippen molar-refractivity contribution in [2.75, 3.05) is 5.32 Å². The maximum atomic E-state index is 13.1. The van der Waals surface area contributed by atoms with Gasteiger partial charge in [-0.25, -0.2) is 23.5 Å². The second-order valence-electron chi connectivity index (χ2n) is 14.7. The lowest BCUT2D eigenvalue weighted by atomic mass is 9.73. The Labute approximate surface area is 280 Å². The zero-order valence-electron chi connectivity index (χ0n) is 28.8. The number of aryl methyl sites for hydroxylation is 1. The first-order valence-electron chi connectivity index (χ1n) is 16.1. The number of nitrogens with one attached hydrogen (secondary N) is 1. The molecule has 0 saturated heterocycles. The number of nitrogens with zero attached hydrogens (tertiary/aromatic N) is 3. The lowest BCUT2D eigenvalue weighted by Gasteiger charge is -2.38. The van der Waals surface area contributed by atoms with Gasteiger partial charge in [-0.15, -0.1) is 0 Å². The Hall–Kier alpha value is -4.19. The van der Waals surface area contributed by atoms with Crippen molar-refractivity contribution in [2.45, 2.75) is 105 Å². The molecule has 12 heteroatoms. The molecule has 0 radical (unpaired) electrons. The maximum absolute atomic E-state index is 13.1. The molecule has 1 fully saturated rings. The minimum Gasteiger partial charge on any atom is -0.428 e. The van der Waals surface area contributed by atoms with Gasteiger partial charge < -0.3 is 24.6 Å². The predicted octanol–water partition coefficient (Wildman–Crippen LogP) is 8.41. The molecule has 3 aromatic rings. The third-order valence-electron chi connectivity index (χ3n) is 8.22. The summed E-state index contributed by atoms with van der Waals surface area (Å²) in [5, 5.41) is 14.6. The fourth-order valence-corrected chi connectivity index (χ4v) is 5.55. The standard InChI is InChI=1S/C36H46F2N4O6/c1-21-17-26(41-29(18-21)42-28-19-23(30(37)38)15-16-39-28)24-11-14-27(40-20-24)36(8,45)25-12-9-22(10-13-25)31(43)46-32(34(2,3)4)47-33(44)48-35(5,6)7/h11,14-20,22,25,30,32,45H,9-10,12-13H2,1-8H3,(H,39,41,42)/t22-,25-,32?,36-/m1/s1. The monoisotopic (exact) mass is 668 g/mol. The van der Waals surface area contributed by atoms with Gasteiger partial charge in [0.05, 0.1) is 17.3 Å². The van der Waals surface area contributed by atoms with E-state index in [4.69, 9.17) is 14.2 Å². The maximum Gasteiger partial charge on any atom is 0.511 e. The average Bonchev–Trinajstić information content (AvgIpc) is 2.99. The smallest absolute Gasteiger partial charge is 0.428 e. The number of carbonyl (C=O) groups excluding carboxylic acids is 2. The average molecular weight is 669 g/mol. The van der Waals surface area contributed by atoms with Gasteiger partial charge in [-0.2, -0.15) is 0 Å². The van der Waals surface area contributed by atoms with E-state index in [1.165, 1.54) is 18.3 Å². The number of aromatic nitrogens is 3. The van der Waals surface area contributed by atoms with Crippen LogP contribution in [-0.2, 0) is 24.6 Å². The first-order chi connectivity index (χ1) is 22.3. The molecule has 0 spiro atoms. The Balaban J connectivity index is 1.39. The van der Waals surface area contributed by atoms with E-state index >= 15 is 0 Å². The summed E-state index contributed by atoms with van der Waals surface area (Å²) in [6.45, 7) is 14.2. The fraction of sp³-hybridized carbons (Fsp3) is 0.528. The highest BCUT2D eigenvalue weighted by Gasteiger charge is 2.41. The number of rotatable bonds is 9. The number of alkyl halides is 2. The van der Waals surface area contributed by atoms with Gasteiger partial charge in [-0.3, -0.25) is 9.78 Å². The zero-order valence-corrected chi connectivity index (χ0v) is 28.8. The predicted molar refractivity (Wildman–Crippen MR) is 176 cm³/mol. The van der Waals surface area contributed by atoms with Crippen molar-refractivity contribution < 1.29 is 37.7 Å². The topological polar surface area (TPSA) is 133 Å². The summed E-state index contributed by atoms with van der Waals surface area (Å²) < 4.78 is 42.6. The van der Waals surface area contributed by atoms with Crippen LogP contribution in [-0.4, -0.2) is 44.1 Å². The minimum atomic E-state index is -2.61. The van der Waals surface area contributed by atoms with Crippen LogP contribution in [0.15, 0.2) is 48.8 Å². The summed E-state index contributed by atoms with van der Waals surface area (Å²) in [7, 11) is 0. The molecule has 260 valence electrons. The third-order valence-corrected chi connectivity index (χ3v) is 8.22. The van der Waals surface area contributed by atoms with E-state index in [1.54, 1.807) is 46.0 Å². The molecule has 48 heavy (non-hydrogen) atoms. The lowest BCUT2D eigenvalue weighted by Crippen LogP contribution is -2.41. The molecule has 0 aromatic carbocycles. The number of carbonyl (C=O) groups is 2. The van der Waals surface area contributed by atoms with Crippen LogP contribution in [0.25, 0.3) is 11.3 Å². The van der Waals surface area contributed by atoms with Crippen molar-refractivity contribution in [1.29, 1.82) is 0 Å². The van der Waals surface area contributed by atoms with Gasteiger partial charge in [0.15, 0.2) is 0 Å². The van der Waals surface area contributed by atoms with E-state index in [1.807, 2.05) is 39.8 Å². The van der Waals surface area contributed by atoms with Crippen LogP contribution in [0, 0.1) is 24.2 Å². The number of ether oxygens (including phenoxy) is 3. The fourth-order valence-electron chi connectivity index (χ4n) is 5.55. The molecule has 0 aliphatic heterocycles. The molecule has 2 N–H and O–H groups in total. The van der Waals surface area contributed by atoms with E-state index in [0.29, 0.717) is 48.5 Å². The molecule has 10 nitrogen and oxygen atoms in total. The highest BCUT2D eigenvalue weighted by Crippen LogP contribution is 2.41. The van der Waals surface area contributed by atoms with Crippen LogP contribution in [0.4, 0.5) is 25.2 Å². The molecule has 3 heterocycles. The largest absolute Gasteiger partial charge is 0.511 e. The second-order valence-corrected chi connectivity index (χ2v) is 14.7. The molecule has 1 aliphatic rings. The van der Waals surface area contributed by atoms with Crippen molar-refractivity contribution in [3.63, 3.8) is 0 Å². The van der Waals surface area contributed by atoms with Gasteiger partial charge >= 0.3 is 12.1 Å². The van der Waals surface area contributed by atoms with E-state index < -0.39 is 47.4 Å². The van der Waals surface area contributed by atoms with E-state index in [-0.39, 0.29) is 17.3 Å². The molecule has 3 aromatic heterocycles. The number of aliphatic hydroxyl groups is 1. The third kappa shape index (κ3) is 9.68. The Bertz CT molecular complexity index is 1580. The molecule has 0 bridgehead atoms. The van der Waals surface area contributed by atoms with Crippen LogP contribution in [0.5, 0.6) is 0 Å². The van der Waals surface area contributed by atoms with Crippen LogP contribution >= 0.6 is 0 Å². The van der Waals surface area contributed by atoms with Crippen LogP contribution in [0.2, 0.25) is 0 Å². The Morgan fingerprint density at radius 3 is 2.19 bits per heavy atom. The molecule has 2 atom stereocenters. The van der Waals surface area contributed by atoms with E-state index in [9.17, 15) is 23.5 Å². The van der Waals surface area contributed by atoms with E-state index in [2.05, 4.69) is 20.3 Å². The molecule has 4 rings (SSSR count). The quantitative estimate of drug-likeness (QED) is 0.169. The van der Waals surface area contributed by atoms with Gasteiger partial charge in [-0.05, 0) is 108 Å². The van der Waals surface area contributed by atoms with Crippen molar-refractivity contribution in [1.82, 2.24) is 15.0 Å². The van der Waals surface area contributed by atoms with Gasteiger partial charge in [0.25, 0.3) is 12.7 Å². The number of hydrogen-bond acceptors (Lipinski definition) is 10. The van der Waals surface area contributed by atoms with Crippen LogP contribution in [0.1, 0.15) is 97.4 Å². The SMILES string of the molecule is Cc1cc(Nc2cc(C(F)F)ccn2)nc(-c2ccc([C@](C)(O)[C@H]3CC[C@H](C(=O)OC(OC(=O)OC(C)(C)C)C(C)(C)C)CC3)nc2)c1. The van der Waals surface area contributed by atoms with Gasteiger partial charge in [-0.1, -0.05) is 20.8 Å². The Morgan fingerprint density at radius 2 is 1.60 bits per heavy atom. The van der Waals surface area contributed by atoms with Crippen LogP contribution < -0.4 is 5.32 Å². The zero-order chi connectivity index (χ0) is 35.4. The van der Waals surface area contributed by atoms with E-state index in [0.717, 1.165) is 5.56 Å². The normalized spacial score (nSPS) is 18.8. The lowest BCUT2D eigenvalue weighted by molar-refractivity contribution is -0.200. The summed E-state index contributed by atoms with van der Waals surface area (Å²) in [4.78, 5) is 38.8. The molecular weight excluding hydrogens is 622 g/mol. The van der Waals surface area contributed by atoms with Crippen molar-refractivity contribution in [2.24, 2.45) is 17.3 Å². The summed E-state index contributed by atoms with van der Waals surface area (Å²) in [6.07, 6.45) is 0.465. The molecular formula is C36H46F2N4O6. The summed E-state index contributed by atoms with van der Waals surface area (Å²) in [5.41, 5.74) is -0.0986. The highest BCUT2D eigenvalue weighted by molar-refractivity contribution is 5.73. The van der Waals surface area contributed by atoms with Crippen molar-refractivity contribution >= 4 is 23.8 Å². The number of hydrogen-bond donors (Lipinski definition) is 2. The molecule has 0 amide bonds. The van der Waals surface area contributed by atoms with Gasteiger partial charge in [0.1, 0.15) is 22.8 Å². The number of halogens is 2. The Morgan fingerprint density at radius 1 is 0.917 bits per heavy atom. The minimum absolute atomic E-state index is 0.139. The van der Waals surface area contributed by atoms with Crippen LogP contribution in [0.3, 0.4) is 0 Å². The Kier molecular flexibility index (Phi) is 11.1. The summed E-state index contributed by atoms with van der Waals surface area (Å²) >= 11 is 0. The van der Waals surface area contributed by atoms with Crippen molar-refractivity contribution in [3.8, 4) is 11.3 Å². The van der Waals surface area contributed by atoms with Crippen molar-refractivity contribution in [3.05, 3.63) is 65.6 Å². The number of esters is 1. The first kappa shape index (κ1) is 36.6. The summed E-state index contributed by atoms with van der Waals surface area (Å²) in [6, 6.07) is 9.82. The number of pyridine rings is 3. The highest BCUT2D eigenvalue weighted by atomic mass is 19.3. The molecule has 1 aliphatic carbocycles.